The summed E-state index contributed by atoms with van der Waals surface area (Å²) in [5.41, 5.74) is 3.66. The molecule has 0 bridgehead atoms. The van der Waals surface area contributed by atoms with Crippen molar-refractivity contribution in [3.8, 4) is 5.75 Å². The van der Waals surface area contributed by atoms with Gasteiger partial charge in [0.1, 0.15) is 21.7 Å². The Bertz CT molecular complexity index is 2130. The molecule has 0 saturated heterocycles. The van der Waals surface area contributed by atoms with Crippen LogP contribution in [0.1, 0.15) is 66.8 Å². The number of thioether (sulfide) groups is 1. The van der Waals surface area contributed by atoms with Gasteiger partial charge in [-0.2, -0.15) is 0 Å². The van der Waals surface area contributed by atoms with E-state index >= 15 is 0 Å². The molecule has 270 valence electrons. The number of fused-ring (bicyclic) bond motifs is 1. The molecular weight excluding hydrogens is 707 g/mol. The van der Waals surface area contributed by atoms with Gasteiger partial charge in [-0.1, -0.05) is 79.2 Å². The predicted octanol–water partition coefficient (Wildman–Crippen LogP) is 8.69. The van der Waals surface area contributed by atoms with Gasteiger partial charge in [-0.05, 0) is 79.3 Å². The second-order valence-electron chi connectivity index (χ2n) is 12.3. The van der Waals surface area contributed by atoms with Crippen molar-refractivity contribution in [1.29, 1.82) is 0 Å². The number of para-hydroxylation sites is 1. The number of hydrogen-bond acceptors (Lipinski definition) is 8. The maximum Gasteiger partial charge on any atom is 0.341 e. The van der Waals surface area contributed by atoms with Gasteiger partial charge in [-0.3, -0.25) is 14.4 Å². The van der Waals surface area contributed by atoms with Crippen LogP contribution in [-0.4, -0.2) is 37.9 Å². The van der Waals surface area contributed by atoms with Crippen LogP contribution in [0.3, 0.4) is 0 Å². The highest BCUT2D eigenvalue weighted by Gasteiger charge is 2.29. The Labute approximate surface area is 316 Å². The van der Waals surface area contributed by atoms with Crippen molar-refractivity contribution in [2.24, 2.45) is 0 Å². The molecule has 11 heteroatoms. The van der Waals surface area contributed by atoms with Gasteiger partial charge in [0.05, 0.1) is 19.8 Å². The van der Waals surface area contributed by atoms with Crippen molar-refractivity contribution in [2.45, 2.75) is 42.2 Å². The first-order valence-electron chi connectivity index (χ1n) is 17.2. The molecule has 1 atom stereocenters. The molecule has 0 saturated carbocycles. The van der Waals surface area contributed by atoms with Gasteiger partial charge in [0.15, 0.2) is 0 Å². The van der Waals surface area contributed by atoms with Gasteiger partial charge in [-0.15, -0.1) is 23.1 Å². The van der Waals surface area contributed by atoms with Crippen LogP contribution >= 0.6 is 23.1 Å². The van der Waals surface area contributed by atoms with Crippen molar-refractivity contribution >= 4 is 63.6 Å². The molecule has 9 nitrogen and oxygen atoms in total. The SMILES string of the molecule is COC(=O)c1c(NC(=O)C(Sc2cccc(NC(=O)/C(=C\c3ccccc3OC)NC(=O)c3ccccc3)c2)c2ccccc2)sc2c1CCCCC2. The Hall–Kier alpha value is -5.65. The van der Waals surface area contributed by atoms with E-state index in [0.29, 0.717) is 38.0 Å². The number of ether oxygens (including phenoxy) is 2. The van der Waals surface area contributed by atoms with Gasteiger partial charge < -0.3 is 25.4 Å². The third-order valence-corrected chi connectivity index (χ3v) is 11.2. The van der Waals surface area contributed by atoms with Gasteiger partial charge in [0.25, 0.3) is 11.8 Å². The number of aryl methyl sites for hydroxylation is 1. The topological polar surface area (TPSA) is 123 Å². The van der Waals surface area contributed by atoms with Gasteiger partial charge in [0.2, 0.25) is 5.91 Å². The van der Waals surface area contributed by atoms with Crippen molar-refractivity contribution in [3.05, 3.63) is 148 Å². The summed E-state index contributed by atoms with van der Waals surface area (Å²) in [6.45, 7) is 0. The van der Waals surface area contributed by atoms with E-state index in [4.69, 9.17) is 9.47 Å². The van der Waals surface area contributed by atoms with Gasteiger partial charge >= 0.3 is 5.97 Å². The molecule has 1 aliphatic carbocycles. The smallest absolute Gasteiger partial charge is 0.341 e. The van der Waals surface area contributed by atoms with Crippen LogP contribution in [0.2, 0.25) is 0 Å². The lowest BCUT2D eigenvalue weighted by molar-refractivity contribution is -0.116. The third-order valence-electron chi connectivity index (χ3n) is 8.70. The highest BCUT2D eigenvalue weighted by molar-refractivity contribution is 8.00. The number of thiophene rings is 1. The molecule has 5 aromatic rings. The second kappa shape index (κ2) is 17.7. The highest BCUT2D eigenvalue weighted by atomic mass is 32.2. The summed E-state index contributed by atoms with van der Waals surface area (Å²) in [6.07, 6.45) is 6.31. The standard InChI is InChI=1S/C42H39N3O6S2/c1-50-34-23-13-12-19-29(34)25-33(44-38(46)28-17-8-4-9-18-28)39(47)43-30-20-14-21-31(26-30)52-37(27-15-6-3-7-16-27)40(48)45-41-36(42(49)51-2)32-22-10-5-11-24-35(32)53-41/h3-4,6-9,12-21,23,25-26,37H,5,10-11,22,24H2,1-2H3,(H,43,47)(H,44,46)(H,45,48)/b33-25+. The van der Waals surface area contributed by atoms with E-state index in [9.17, 15) is 19.2 Å². The van der Waals surface area contributed by atoms with Crippen LogP contribution in [0.4, 0.5) is 10.7 Å². The first-order valence-corrected chi connectivity index (χ1v) is 18.9. The maximum atomic E-state index is 14.2. The summed E-state index contributed by atoms with van der Waals surface area (Å²) in [5, 5.41) is 8.56. The van der Waals surface area contributed by atoms with E-state index in [-0.39, 0.29) is 11.6 Å². The van der Waals surface area contributed by atoms with E-state index in [1.165, 1.54) is 37.3 Å². The number of rotatable bonds is 12. The molecule has 53 heavy (non-hydrogen) atoms. The normalized spacial score (nSPS) is 13.1. The average molecular weight is 746 g/mol. The van der Waals surface area contributed by atoms with Crippen LogP contribution in [-0.2, 0) is 27.2 Å². The molecule has 1 unspecified atom stereocenters. The lowest BCUT2D eigenvalue weighted by Crippen LogP contribution is -2.30. The van der Waals surface area contributed by atoms with Gasteiger partial charge in [-0.25, -0.2) is 4.79 Å². The summed E-state index contributed by atoms with van der Waals surface area (Å²) < 4.78 is 10.6. The molecule has 0 fully saturated rings. The number of nitrogens with one attached hydrogen (secondary N) is 3. The van der Waals surface area contributed by atoms with Crippen LogP contribution in [0.25, 0.3) is 6.08 Å². The Morgan fingerprint density at radius 1 is 0.792 bits per heavy atom. The van der Waals surface area contributed by atoms with Crippen molar-refractivity contribution in [1.82, 2.24) is 5.32 Å². The van der Waals surface area contributed by atoms with Crippen molar-refractivity contribution in [2.75, 3.05) is 24.9 Å². The summed E-state index contributed by atoms with van der Waals surface area (Å²) >= 11 is 2.77. The summed E-state index contributed by atoms with van der Waals surface area (Å²) in [4.78, 5) is 56.0. The van der Waals surface area contributed by atoms with E-state index in [1.807, 2.05) is 54.6 Å². The molecule has 3 amide bonds. The van der Waals surface area contributed by atoms with Crippen molar-refractivity contribution < 1.29 is 28.7 Å². The number of hydrogen-bond donors (Lipinski definition) is 3. The molecule has 1 aliphatic rings. The number of carbonyl (C=O) groups is 4. The molecule has 0 radical (unpaired) electrons. The number of esters is 1. The minimum Gasteiger partial charge on any atom is -0.496 e. The Balaban J connectivity index is 1.26. The fourth-order valence-corrected chi connectivity index (χ4v) is 8.46. The lowest BCUT2D eigenvalue weighted by atomic mass is 10.1. The fourth-order valence-electron chi connectivity index (χ4n) is 6.09. The summed E-state index contributed by atoms with van der Waals surface area (Å²) in [5.74, 6) is -1.20. The van der Waals surface area contributed by atoms with Crippen LogP contribution in [0, 0.1) is 0 Å². The fraction of sp³-hybridized carbons (Fsp3) is 0.190. The Morgan fingerprint density at radius 2 is 1.51 bits per heavy atom. The van der Waals surface area contributed by atoms with Crippen molar-refractivity contribution in [3.63, 3.8) is 0 Å². The predicted molar refractivity (Wildman–Crippen MR) is 211 cm³/mol. The molecule has 0 aliphatic heterocycles. The molecule has 0 spiro atoms. The van der Waals surface area contributed by atoms with E-state index in [2.05, 4.69) is 16.0 Å². The monoisotopic (exact) mass is 745 g/mol. The Morgan fingerprint density at radius 3 is 2.26 bits per heavy atom. The average Bonchev–Trinajstić information content (AvgIpc) is 3.36. The molecule has 1 aromatic heterocycles. The second-order valence-corrected chi connectivity index (χ2v) is 14.5. The first kappa shape index (κ1) is 37.1. The minimum absolute atomic E-state index is 0.0127. The Kier molecular flexibility index (Phi) is 12.4. The molecule has 4 aromatic carbocycles. The van der Waals surface area contributed by atoms with Crippen LogP contribution in [0.5, 0.6) is 5.75 Å². The number of methoxy groups -OCH3 is 2. The highest BCUT2D eigenvalue weighted by Crippen LogP contribution is 2.41. The zero-order chi connectivity index (χ0) is 37.2. The zero-order valence-electron chi connectivity index (χ0n) is 29.3. The summed E-state index contributed by atoms with van der Waals surface area (Å²) in [6, 6.07) is 32.4. The van der Waals surface area contributed by atoms with Crippen LogP contribution < -0.4 is 20.7 Å². The number of benzene rings is 4. The quantitative estimate of drug-likeness (QED) is 0.0506. The minimum atomic E-state index is -0.694. The van der Waals surface area contributed by atoms with Gasteiger partial charge in [0, 0.05) is 26.6 Å². The largest absolute Gasteiger partial charge is 0.496 e. The molecule has 6 rings (SSSR count). The zero-order valence-corrected chi connectivity index (χ0v) is 31.0. The molecule has 1 heterocycles. The number of anilines is 2. The first-order chi connectivity index (χ1) is 25.8. The lowest BCUT2D eigenvalue weighted by Gasteiger charge is -2.18. The number of amides is 3. The van der Waals surface area contributed by atoms with E-state index < -0.39 is 23.0 Å². The summed E-state index contributed by atoms with van der Waals surface area (Å²) in [7, 11) is 2.89. The van der Waals surface area contributed by atoms with Crippen LogP contribution in [0.15, 0.2) is 120 Å². The number of carbonyl (C=O) groups excluding carboxylic acids is 4. The van der Waals surface area contributed by atoms with E-state index in [0.717, 1.165) is 48.1 Å². The molecule has 3 N–H and O–H groups in total. The van der Waals surface area contributed by atoms with E-state index in [1.54, 1.807) is 60.7 Å². The maximum absolute atomic E-state index is 14.2. The third kappa shape index (κ3) is 9.24. The molecular formula is C42H39N3O6S2.